The fourth-order valence-corrected chi connectivity index (χ4v) is 4.18. The molecule has 1 fully saturated rings. The number of aromatic nitrogens is 2. The Morgan fingerprint density at radius 3 is 2.13 bits per heavy atom. The first-order chi connectivity index (χ1) is 15.1. The normalized spacial score (nSPS) is 15.1. The molecule has 5 rings (SSSR count). The molecule has 0 atom stereocenters. The molecule has 3 heterocycles. The van der Waals surface area contributed by atoms with Crippen molar-refractivity contribution in [3.05, 3.63) is 107 Å². The Kier molecular flexibility index (Phi) is 5.01. The molecule has 0 saturated carbocycles. The number of nitrogens with zero attached hydrogens (tertiary/aromatic N) is 2. The number of hydrogen-bond donors (Lipinski definition) is 5. The third-order valence-corrected chi connectivity index (χ3v) is 5.70. The topological polar surface area (TPSA) is 85.7 Å². The Hall–Kier alpha value is -3.14. The number of hydrazine groups is 3. The molecule has 1 aliphatic heterocycles. The van der Waals surface area contributed by atoms with Gasteiger partial charge in [-0.05, 0) is 17.5 Å². The molecule has 0 bridgehead atoms. The summed E-state index contributed by atoms with van der Waals surface area (Å²) in [6, 6.07) is 20.3. The van der Waals surface area contributed by atoms with Crippen molar-refractivity contribution in [1.82, 2.24) is 31.3 Å². The van der Waals surface area contributed by atoms with E-state index in [1.165, 1.54) is 6.07 Å². The summed E-state index contributed by atoms with van der Waals surface area (Å²) in [5.74, 6) is -0.398. The molecule has 31 heavy (non-hydrogen) atoms. The molecule has 5 N–H and O–H groups in total. The van der Waals surface area contributed by atoms with Crippen LogP contribution in [0.15, 0.2) is 72.9 Å². The number of fused-ring (bicyclic) bond motifs is 1. The second-order valence-electron chi connectivity index (χ2n) is 7.48. The van der Waals surface area contributed by atoms with Crippen molar-refractivity contribution in [2.75, 3.05) is 0 Å². The number of pyridine rings is 1. The number of halogens is 1. The third kappa shape index (κ3) is 3.21. The minimum atomic E-state index is -1.48. The zero-order valence-electron chi connectivity index (χ0n) is 16.9. The van der Waals surface area contributed by atoms with E-state index in [1.54, 1.807) is 6.20 Å². The van der Waals surface area contributed by atoms with Gasteiger partial charge in [-0.25, -0.2) is 20.2 Å². The Balaban J connectivity index is 1.77. The van der Waals surface area contributed by atoms with Gasteiger partial charge in [0.25, 0.3) is 0 Å². The van der Waals surface area contributed by atoms with Gasteiger partial charge in [0.2, 0.25) is 0 Å². The SMILES string of the molecule is CCc1c(C(O)(c2ccccc2)c2ccccc2)nc2cc(F)c(C3NNNN3)cn12. The number of nitrogens with one attached hydrogen (secondary N) is 4. The van der Waals surface area contributed by atoms with E-state index in [1.807, 2.05) is 72.0 Å². The van der Waals surface area contributed by atoms with Gasteiger partial charge >= 0.3 is 0 Å². The lowest BCUT2D eigenvalue weighted by molar-refractivity contribution is 0.120. The van der Waals surface area contributed by atoms with Crippen molar-refractivity contribution in [2.24, 2.45) is 0 Å². The highest BCUT2D eigenvalue weighted by Gasteiger charge is 2.39. The Labute approximate surface area is 178 Å². The third-order valence-electron chi connectivity index (χ3n) is 5.70. The number of aryl methyl sites for hydroxylation is 1. The highest BCUT2D eigenvalue weighted by atomic mass is 19.1. The minimum Gasteiger partial charge on any atom is -0.374 e. The summed E-state index contributed by atoms with van der Waals surface area (Å²) in [4.78, 5) is 4.74. The molecule has 0 radical (unpaired) electrons. The van der Waals surface area contributed by atoms with Crippen LogP contribution in [0.2, 0.25) is 0 Å². The van der Waals surface area contributed by atoms with Crippen molar-refractivity contribution in [2.45, 2.75) is 25.1 Å². The number of rotatable bonds is 5. The molecule has 2 aromatic heterocycles. The number of hydrogen-bond acceptors (Lipinski definition) is 6. The fourth-order valence-electron chi connectivity index (χ4n) is 4.18. The maximum atomic E-state index is 14.9. The van der Waals surface area contributed by atoms with E-state index in [0.717, 1.165) is 5.69 Å². The van der Waals surface area contributed by atoms with Crippen LogP contribution in [0.4, 0.5) is 4.39 Å². The largest absolute Gasteiger partial charge is 0.374 e. The molecule has 1 aliphatic rings. The summed E-state index contributed by atoms with van der Waals surface area (Å²) in [7, 11) is 0. The van der Waals surface area contributed by atoms with Crippen LogP contribution >= 0.6 is 0 Å². The van der Waals surface area contributed by atoms with Crippen molar-refractivity contribution in [3.8, 4) is 0 Å². The lowest BCUT2D eigenvalue weighted by atomic mass is 9.82. The number of benzene rings is 2. The number of imidazole rings is 1. The van der Waals surface area contributed by atoms with E-state index < -0.39 is 17.6 Å². The van der Waals surface area contributed by atoms with Gasteiger partial charge in [-0.1, -0.05) is 67.6 Å². The summed E-state index contributed by atoms with van der Waals surface area (Å²) in [6.45, 7) is 2.00. The molecular formula is C23H23FN6O. The van der Waals surface area contributed by atoms with Crippen LogP contribution in [0, 0.1) is 5.82 Å². The smallest absolute Gasteiger partial charge is 0.159 e. The van der Waals surface area contributed by atoms with Gasteiger partial charge in [0.05, 0.1) is 0 Å². The van der Waals surface area contributed by atoms with Gasteiger partial charge in [0.1, 0.15) is 23.3 Å². The van der Waals surface area contributed by atoms with Gasteiger partial charge in [-0.2, -0.15) is 11.1 Å². The Morgan fingerprint density at radius 1 is 1.00 bits per heavy atom. The summed E-state index contributed by atoms with van der Waals surface area (Å²) >= 11 is 0. The molecule has 0 spiro atoms. The lowest BCUT2D eigenvalue weighted by Crippen LogP contribution is -2.33. The van der Waals surface area contributed by atoms with Gasteiger partial charge in [0.15, 0.2) is 5.60 Å². The first kappa shape index (κ1) is 19.8. The van der Waals surface area contributed by atoms with Crippen LogP contribution in [0.25, 0.3) is 5.65 Å². The molecule has 2 aromatic carbocycles. The average molecular weight is 418 g/mol. The van der Waals surface area contributed by atoms with E-state index in [9.17, 15) is 9.50 Å². The summed E-state index contributed by atoms with van der Waals surface area (Å²) < 4.78 is 16.8. The Bertz CT molecular complexity index is 1170. The van der Waals surface area contributed by atoms with Crippen molar-refractivity contribution in [1.29, 1.82) is 0 Å². The second-order valence-corrected chi connectivity index (χ2v) is 7.48. The molecule has 7 nitrogen and oxygen atoms in total. The van der Waals surface area contributed by atoms with Crippen molar-refractivity contribution < 1.29 is 9.50 Å². The van der Waals surface area contributed by atoms with E-state index in [0.29, 0.717) is 34.5 Å². The van der Waals surface area contributed by atoms with E-state index in [-0.39, 0.29) is 0 Å². The molecule has 158 valence electrons. The quantitative estimate of drug-likeness (QED) is 0.342. The van der Waals surface area contributed by atoms with E-state index in [2.05, 4.69) is 21.9 Å². The maximum Gasteiger partial charge on any atom is 0.159 e. The lowest BCUT2D eigenvalue weighted by Gasteiger charge is -2.29. The number of aliphatic hydroxyl groups is 1. The molecule has 8 heteroatoms. The fraction of sp³-hybridized carbons (Fsp3) is 0.174. The first-order valence-corrected chi connectivity index (χ1v) is 10.2. The molecule has 4 aromatic rings. The molecule has 0 amide bonds. The van der Waals surface area contributed by atoms with Crippen molar-refractivity contribution >= 4 is 5.65 Å². The predicted molar refractivity (Wildman–Crippen MR) is 115 cm³/mol. The van der Waals surface area contributed by atoms with Gasteiger partial charge in [-0.15, -0.1) is 0 Å². The Morgan fingerprint density at radius 2 is 1.58 bits per heavy atom. The van der Waals surface area contributed by atoms with Crippen LogP contribution in [0.3, 0.4) is 0 Å². The molecule has 1 saturated heterocycles. The highest BCUT2D eigenvalue weighted by Crippen LogP contribution is 2.38. The van der Waals surface area contributed by atoms with Gasteiger partial charge < -0.3 is 9.51 Å². The van der Waals surface area contributed by atoms with Gasteiger partial charge in [0, 0.05) is 23.5 Å². The summed E-state index contributed by atoms with van der Waals surface area (Å²) in [5.41, 5.74) is 13.3. The zero-order valence-corrected chi connectivity index (χ0v) is 16.9. The summed E-state index contributed by atoms with van der Waals surface area (Å²) in [6.07, 6.45) is 1.86. The van der Waals surface area contributed by atoms with E-state index in [4.69, 9.17) is 4.98 Å². The highest BCUT2D eigenvalue weighted by molar-refractivity contribution is 5.53. The first-order valence-electron chi connectivity index (χ1n) is 10.2. The van der Waals surface area contributed by atoms with Crippen LogP contribution in [-0.4, -0.2) is 14.5 Å². The van der Waals surface area contributed by atoms with Crippen molar-refractivity contribution in [3.63, 3.8) is 0 Å². The average Bonchev–Trinajstić information content (AvgIpc) is 3.47. The van der Waals surface area contributed by atoms with Crippen LogP contribution in [0.5, 0.6) is 0 Å². The monoisotopic (exact) mass is 418 g/mol. The van der Waals surface area contributed by atoms with Crippen LogP contribution in [0.1, 0.15) is 41.2 Å². The molecule has 0 unspecified atom stereocenters. The maximum absolute atomic E-state index is 14.9. The second kappa shape index (κ2) is 7.84. The predicted octanol–water partition coefficient (Wildman–Crippen LogP) is 2.44. The van der Waals surface area contributed by atoms with Crippen LogP contribution in [-0.2, 0) is 12.0 Å². The zero-order chi connectivity index (χ0) is 21.4. The van der Waals surface area contributed by atoms with E-state index >= 15 is 0 Å². The standard InChI is InChI=1S/C23H23FN6O/c1-2-19-21(23(31,15-9-5-3-6-10-15)16-11-7-4-8-12-16)25-20-13-18(24)17(14-30(19)20)22-26-28-29-27-22/h3-14,22,26-29,31H,2H2,1H3. The summed E-state index contributed by atoms with van der Waals surface area (Å²) in [5, 5.41) is 12.2. The minimum absolute atomic E-state index is 0.398. The molecule has 0 aliphatic carbocycles. The molecular weight excluding hydrogens is 395 g/mol. The van der Waals surface area contributed by atoms with Crippen LogP contribution < -0.4 is 21.9 Å². The van der Waals surface area contributed by atoms with Gasteiger partial charge in [-0.3, -0.25) is 0 Å².